The number of halogens is 1. The molecule has 540 valence electrons. The summed E-state index contributed by atoms with van der Waals surface area (Å²) in [5, 5.41) is 4.51. The highest BCUT2D eigenvalue weighted by Crippen LogP contribution is 2.42. The normalized spacial score (nSPS) is 14.5. The van der Waals surface area contributed by atoms with Gasteiger partial charge in [-0.15, -0.1) is 0 Å². The fourth-order valence-electron chi connectivity index (χ4n) is 14.1. The molecule has 3 aromatic heterocycles. The molecular formula is C98H81B2ClN6O4. The number of hydrogen-bond donors (Lipinski definition) is 0. The molecule has 18 rings (SSSR count). The van der Waals surface area contributed by atoms with Crippen LogP contribution in [0, 0.1) is 0 Å². The van der Waals surface area contributed by atoms with Crippen molar-refractivity contribution in [2.45, 2.75) is 77.8 Å². The summed E-state index contributed by atoms with van der Waals surface area (Å²) in [5.74, 6) is 1.31. The predicted octanol–water partition coefficient (Wildman–Crippen LogP) is 23.3. The van der Waals surface area contributed by atoms with E-state index in [1.807, 2.05) is 103 Å². The second-order valence-electron chi connectivity index (χ2n) is 29.9. The Balaban J connectivity index is 0.000000146. The summed E-state index contributed by atoms with van der Waals surface area (Å²) in [7, 11) is -0.801. The summed E-state index contributed by atoms with van der Waals surface area (Å²) in [6, 6.07) is 119. The van der Waals surface area contributed by atoms with E-state index in [0.717, 1.165) is 122 Å². The summed E-state index contributed by atoms with van der Waals surface area (Å²) in [6.45, 7) is 16.6. The quantitative estimate of drug-likeness (QED) is 0.0816. The standard InChI is InChI=1S/C54H36N4.C22H30B2O4.C22H15ClN2/c1-5-15-37(16-6-1)39-27-31-43(32-28-39)51-35-49(41-19-9-3-10-20-41)55-53(57-51)47-25-13-24-46-45(47)23-14-26-48(46)54-56-50(42-21-11-4-12-22-42)36-52(58-54)44-33-29-40(30-34-44)38-17-7-2-8-18-38;1-19(2)20(3,4)26-23(25-19)17-13-9-12-16-15(17)11-10-14-18(16)24-27-21(5,6)22(7,8)28-24;23-22-24-20(18-9-5-2-6-10-18)15-21(25-22)19-13-11-17(12-14-19)16-7-3-1-4-8-16/h1-36H;9-14H,1-8H3;1-15H. The van der Waals surface area contributed by atoms with E-state index in [0.29, 0.717) is 11.6 Å². The lowest BCUT2D eigenvalue weighted by Crippen LogP contribution is -2.41. The molecule has 0 spiro atoms. The first-order valence-corrected chi connectivity index (χ1v) is 38.0. The Hall–Kier alpha value is -12.1. The molecule has 0 N–H and O–H groups in total. The van der Waals surface area contributed by atoms with Gasteiger partial charge in [0.2, 0.25) is 5.28 Å². The Bertz CT molecular complexity index is 5650. The van der Waals surface area contributed by atoms with Crippen molar-refractivity contribution in [1.82, 2.24) is 29.9 Å². The maximum Gasteiger partial charge on any atom is 0.495 e. The molecule has 10 nitrogen and oxygen atoms in total. The van der Waals surface area contributed by atoms with Crippen molar-refractivity contribution in [3.63, 3.8) is 0 Å². The average molecular weight is 1460 g/mol. The molecule has 13 heteroatoms. The van der Waals surface area contributed by atoms with Crippen LogP contribution in [0.2, 0.25) is 5.28 Å². The third-order valence-corrected chi connectivity index (χ3v) is 21.8. The van der Waals surface area contributed by atoms with Gasteiger partial charge < -0.3 is 18.6 Å². The molecular weight excluding hydrogens is 1380 g/mol. The molecule has 2 aliphatic rings. The van der Waals surface area contributed by atoms with Crippen LogP contribution in [-0.4, -0.2) is 66.5 Å². The molecule has 2 fully saturated rings. The Morgan fingerprint density at radius 1 is 0.216 bits per heavy atom. The SMILES string of the molecule is CC1(C)OB(c2cccc3c(B4OC(C)(C)C(C)(C)O4)cccc23)OC1(C)C.Clc1nc(-c2ccccc2)cc(-c2ccc(-c3ccccc3)cc2)n1.c1ccc(-c2ccc(-c3cc(-c4ccccc4)nc(-c4cccc5c(-c6nc(-c7ccccc7)cc(-c7ccc(-c8ccccc8)cc7)n6)cccc45)n3)cc2)cc1. The highest BCUT2D eigenvalue weighted by atomic mass is 35.5. The van der Waals surface area contributed by atoms with Gasteiger partial charge in [0.15, 0.2) is 11.6 Å². The number of rotatable bonds is 13. The largest absolute Gasteiger partial charge is 0.495 e. The van der Waals surface area contributed by atoms with E-state index in [-0.39, 0.29) is 27.7 Å². The van der Waals surface area contributed by atoms with Crippen molar-refractivity contribution in [3.05, 3.63) is 351 Å². The minimum Gasteiger partial charge on any atom is -0.399 e. The van der Waals surface area contributed by atoms with Crippen LogP contribution in [-0.2, 0) is 18.6 Å². The van der Waals surface area contributed by atoms with Crippen LogP contribution in [0.1, 0.15) is 55.4 Å². The zero-order valence-corrected chi connectivity index (χ0v) is 64.0. The topological polar surface area (TPSA) is 114 Å². The molecule has 5 heterocycles. The molecule has 13 aromatic carbocycles. The van der Waals surface area contributed by atoms with Gasteiger partial charge in [-0.1, -0.05) is 328 Å². The second-order valence-corrected chi connectivity index (χ2v) is 30.3. The van der Waals surface area contributed by atoms with Gasteiger partial charge in [-0.05, 0) is 151 Å². The van der Waals surface area contributed by atoms with Gasteiger partial charge in [-0.2, -0.15) is 0 Å². The van der Waals surface area contributed by atoms with Crippen LogP contribution in [0.5, 0.6) is 0 Å². The van der Waals surface area contributed by atoms with Crippen molar-refractivity contribution in [2.24, 2.45) is 0 Å². The third-order valence-electron chi connectivity index (χ3n) is 21.6. The van der Waals surface area contributed by atoms with Crippen LogP contribution in [0.4, 0.5) is 0 Å². The van der Waals surface area contributed by atoms with Gasteiger partial charge in [0.05, 0.1) is 56.6 Å². The van der Waals surface area contributed by atoms with Crippen LogP contribution in [0.3, 0.4) is 0 Å². The first-order valence-electron chi connectivity index (χ1n) is 37.6. The van der Waals surface area contributed by atoms with Crippen LogP contribution in [0.25, 0.3) is 145 Å². The van der Waals surface area contributed by atoms with E-state index in [4.69, 9.17) is 50.2 Å². The Morgan fingerprint density at radius 2 is 0.423 bits per heavy atom. The summed E-state index contributed by atoms with van der Waals surface area (Å²) < 4.78 is 25.2. The lowest BCUT2D eigenvalue weighted by atomic mass is 9.71. The Morgan fingerprint density at radius 3 is 0.694 bits per heavy atom. The fourth-order valence-corrected chi connectivity index (χ4v) is 14.3. The summed E-state index contributed by atoms with van der Waals surface area (Å²) >= 11 is 6.15. The van der Waals surface area contributed by atoms with E-state index in [2.05, 4.69) is 308 Å². The number of aromatic nitrogens is 6. The van der Waals surface area contributed by atoms with E-state index in [9.17, 15) is 0 Å². The molecule has 0 amide bonds. The lowest BCUT2D eigenvalue weighted by molar-refractivity contribution is 0.00578. The molecule has 0 unspecified atom stereocenters. The summed E-state index contributed by atoms with van der Waals surface area (Å²) in [5.41, 5.74) is 20.8. The molecule has 2 aliphatic heterocycles. The molecule has 0 saturated carbocycles. The molecule has 0 atom stereocenters. The number of fused-ring (bicyclic) bond motifs is 2. The number of hydrogen-bond acceptors (Lipinski definition) is 10. The van der Waals surface area contributed by atoms with Gasteiger partial charge in [-0.25, -0.2) is 29.9 Å². The van der Waals surface area contributed by atoms with Crippen molar-refractivity contribution >= 4 is 58.3 Å². The average Bonchev–Trinajstić information content (AvgIpc) is 1.73. The van der Waals surface area contributed by atoms with Crippen LogP contribution >= 0.6 is 11.6 Å². The Kier molecular flexibility index (Phi) is 20.5. The number of nitrogens with zero attached hydrogens (tertiary/aromatic N) is 6. The maximum atomic E-state index is 6.31. The van der Waals surface area contributed by atoms with E-state index in [1.54, 1.807) is 0 Å². The molecule has 0 aliphatic carbocycles. The lowest BCUT2D eigenvalue weighted by Gasteiger charge is -2.32. The molecule has 16 aromatic rings. The van der Waals surface area contributed by atoms with Gasteiger partial charge in [0.25, 0.3) is 0 Å². The fraction of sp³-hybridized carbons (Fsp3) is 0.122. The number of benzene rings is 13. The third kappa shape index (κ3) is 15.6. The highest BCUT2D eigenvalue weighted by molar-refractivity contribution is 6.68. The van der Waals surface area contributed by atoms with E-state index in [1.165, 1.54) is 22.3 Å². The van der Waals surface area contributed by atoms with Crippen molar-refractivity contribution < 1.29 is 18.6 Å². The molecule has 0 bridgehead atoms. The summed E-state index contributed by atoms with van der Waals surface area (Å²) in [6.07, 6.45) is 0. The molecule has 2 saturated heterocycles. The first-order chi connectivity index (χ1) is 53.9. The summed E-state index contributed by atoms with van der Waals surface area (Å²) in [4.78, 5) is 29.7. The van der Waals surface area contributed by atoms with Crippen LogP contribution in [0.15, 0.2) is 346 Å². The Labute approximate surface area is 655 Å². The zero-order valence-electron chi connectivity index (χ0n) is 63.3. The van der Waals surface area contributed by atoms with Crippen molar-refractivity contribution in [1.29, 1.82) is 0 Å². The van der Waals surface area contributed by atoms with Gasteiger partial charge in [-0.3, -0.25) is 0 Å². The minimum absolute atomic E-state index is 0.253. The first kappa shape index (κ1) is 73.0. The van der Waals surface area contributed by atoms with Gasteiger partial charge in [0, 0.05) is 44.5 Å². The smallest absolute Gasteiger partial charge is 0.399 e. The maximum absolute atomic E-state index is 6.31. The predicted molar refractivity (Wildman–Crippen MR) is 457 cm³/mol. The minimum atomic E-state index is -0.401. The van der Waals surface area contributed by atoms with Crippen molar-refractivity contribution in [3.8, 4) is 124 Å². The zero-order chi connectivity index (χ0) is 76.3. The highest BCUT2D eigenvalue weighted by Gasteiger charge is 2.54. The second kappa shape index (κ2) is 31.1. The van der Waals surface area contributed by atoms with Crippen molar-refractivity contribution in [2.75, 3.05) is 0 Å². The monoisotopic (exact) mass is 1460 g/mol. The van der Waals surface area contributed by atoms with E-state index < -0.39 is 14.2 Å². The molecule has 0 radical (unpaired) electrons. The molecule has 111 heavy (non-hydrogen) atoms. The van der Waals surface area contributed by atoms with E-state index >= 15 is 0 Å². The van der Waals surface area contributed by atoms with Crippen LogP contribution < -0.4 is 10.9 Å². The van der Waals surface area contributed by atoms with Gasteiger partial charge >= 0.3 is 14.2 Å². The van der Waals surface area contributed by atoms with Gasteiger partial charge in [0.1, 0.15) is 0 Å².